The average Bonchev–Trinajstić information content (AvgIpc) is 2.19. The second-order valence-electron chi connectivity index (χ2n) is 3.39. The number of ether oxygens (including phenoxy) is 1. The number of carbonyl (C=O) groups is 1. The molecule has 88 valence electrons. The van der Waals surface area contributed by atoms with Crippen molar-refractivity contribution in [1.29, 1.82) is 0 Å². The molecule has 0 aliphatic rings. The van der Waals surface area contributed by atoms with Crippen LogP contribution in [0.5, 0.6) is 5.75 Å². The van der Waals surface area contributed by atoms with E-state index in [-0.39, 0.29) is 0 Å². The molecular weight excluding hydrogens is 221 g/mol. The first-order chi connectivity index (χ1) is 7.34. The average molecular weight is 232 g/mol. The number of aryl methyl sites for hydroxylation is 1. The number of methoxy groups -OCH3 is 1. The third-order valence-corrected chi connectivity index (χ3v) is 2.22. The lowest BCUT2D eigenvalue weighted by Gasteiger charge is -2.09. The number of alkyl halides is 3. The van der Waals surface area contributed by atoms with Gasteiger partial charge in [0.05, 0.1) is 7.11 Å². The number of carbonyl (C=O) groups excluding carboxylic acids is 1. The molecule has 0 unspecified atom stereocenters. The Morgan fingerprint density at radius 2 is 2.00 bits per heavy atom. The normalized spacial score (nSPS) is 11.3. The van der Waals surface area contributed by atoms with Crippen LogP contribution in [-0.4, -0.2) is 19.1 Å². The standard InChI is InChI=1S/C11H11F3O2/c1-7-5-9(16-2)4-3-8(7)6-10(15)11(12,13)14/h3-5H,6H2,1-2H3. The van der Waals surface area contributed by atoms with Gasteiger partial charge in [-0.1, -0.05) is 6.07 Å². The second-order valence-corrected chi connectivity index (χ2v) is 3.39. The maximum absolute atomic E-state index is 12.0. The summed E-state index contributed by atoms with van der Waals surface area (Å²) in [6.45, 7) is 1.64. The summed E-state index contributed by atoms with van der Waals surface area (Å²) < 4.78 is 41.0. The van der Waals surface area contributed by atoms with Crippen molar-refractivity contribution in [3.8, 4) is 5.75 Å². The van der Waals surface area contributed by atoms with Crippen LogP contribution in [0, 0.1) is 6.92 Å². The lowest BCUT2D eigenvalue weighted by atomic mass is 10.0. The van der Waals surface area contributed by atoms with E-state index in [1.165, 1.54) is 19.2 Å². The molecule has 0 spiro atoms. The molecule has 0 aliphatic carbocycles. The topological polar surface area (TPSA) is 26.3 Å². The molecule has 0 atom stereocenters. The van der Waals surface area contributed by atoms with Crippen LogP contribution in [0.2, 0.25) is 0 Å². The van der Waals surface area contributed by atoms with E-state index < -0.39 is 18.4 Å². The molecule has 16 heavy (non-hydrogen) atoms. The third kappa shape index (κ3) is 2.98. The number of rotatable bonds is 3. The summed E-state index contributed by atoms with van der Waals surface area (Å²) in [7, 11) is 1.47. The summed E-state index contributed by atoms with van der Waals surface area (Å²) in [6.07, 6.45) is -5.40. The van der Waals surface area contributed by atoms with Crippen molar-refractivity contribution in [3.05, 3.63) is 29.3 Å². The third-order valence-electron chi connectivity index (χ3n) is 2.22. The van der Waals surface area contributed by atoms with Gasteiger partial charge in [-0.05, 0) is 30.2 Å². The summed E-state index contributed by atoms with van der Waals surface area (Å²) in [6, 6.07) is 4.60. The molecule has 0 aromatic heterocycles. The van der Waals surface area contributed by atoms with Crippen molar-refractivity contribution in [2.24, 2.45) is 0 Å². The minimum Gasteiger partial charge on any atom is -0.497 e. The minimum atomic E-state index is -4.77. The van der Waals surface area contributed by atoms with Crippen LogP contribution in [0.3, 0.4) is 0 Å². The Kier molecular flexibility index (Phi) is 3.57. The predicted octanol–water partition coefficient (Wildman–Crippen LogP) is 2.68. The monoisotopic (exact) mass is 232 g/mol. The molecule has 0 fully saturated rings. The van der Waals surface area contributed by atoms with E-state index in [0.717, 1.165) is 0 Å². The Morgan fingerprint density at radius 3 is 2.44 bits per heavy atom. The molecule has 0 radical (unpaired) electrons. The maximum atomic E-state index is 12.0. The van der Waals surface area contributed by atoms with Gasteiger partial charge >= 0.3 is 6.18 Å². The molecule has 1 rings (SSSR count). The Balaban J connectivity index is 2.87. The van der Waals surface area contributed by atoms with Gasteiger partial charge in [-0.2, -0.15) is 13.2 Å². The van der Waals surface area contributed by atoms with Gasteiger partial charge in [0.2, 0.25) is 5.78 Å². The van der Waals surface area contributed by atoms with Crippen LogP contribution in [0.1, 0.15) is 11.1 Å². The largest absolute Gasteiger partial charge is 0.497 e. The van der Waals surface area contributed by atoms with Crippen molar-refractivity contribution in [2.75, 3.05) is 7.11 Å². The fraction of sp³-hybridized carbons (Fsp3) is 0.364. The second kappa shape index (κ2) is 4.55. The van der Waals surface area contributed by atoms with Crippen LogP contribution in [-0.2, 0) is 11.2 Å². The van der Waals surface area contributed by atoms with Crippen molar-refractivity contribution in [2.45, 2.75) is 19.5 Å². The highest BCUT2D eigenvalue weighted by atomic mass is 19.4. The fourth-order valence-electron chi connectivity index (χ4n) is 1.27. The van der Waals surface area contributed by atoms with Gasteiger partial charge in [-0.25, -0.2) is 0 Å². The molecule has 1 aromatic rings. The Labute approximate surface area is 91.0 Å². The molecule has 0 N–H and O–H groups in total. The minimum absolute atomic E-state index is 0.364. The molecular formula is C11H11F3O2. The Bertz CT molecular complexity index is 397. The zero-order chi connectivity index (χ0) is 12.3. The predicted molar refractivity (Wildman–Crippen MR) is 52.5 cm³/mol. The molecule has 0 heterocycles. The molecule has 0 bridgehead atoms. The first-order valence-corrected chi connectivity index (χ1v) is 4.58. The first-order valence-electron chi connectivity index (χ1n) is 4.58. The van der Waals surface area contributed by atoms with Gasteiger partial charge in [0.1, 0.15) is 5.75 Å². The van der Waals surface area contributed by atoms with Gasteiger partial charge < -0.3 is 4.74 Å². The highest BCUT2D eigenvalue weighted by molar-refractivity contribution is 5.86. The smallest absolute Gasteiger partial charge is 0.450 e. The summed E-state index contributed by atoms with van der Waals surface area (Å²) in [5.74, 6) is -1.18. The highest BCUT2D eigenvalue weighted by Gasteiger charge is 2.37. The number of hydrogen-bond donors (Lipinski definition) is 0. The number of benzene rings is 1. The van der Waals surface area contributed by atoms with E-state index >= 15 is 0 Å². The van der Waals surface area contributed by atoms with Crippen molar-refractivity contribution >= 4 is 5.78 Å². The number of hydrogen-bond acceptors (Lipinski definition) is 2. The van der Waals surface area contributed by atoms with Gasteiger partial charge in [0.25, 0.3) is 0 Å². The molecule has 1 aromatic carbocycles. The lowest BCUT2D eigenvalue weighted by molar-refractivity contribution is -0.170. The highest BCUT2D eigenvalue weighted by Crippen LogP contribution is 2.22. The zero-order valence-electron chi connectivity index (χ0n) is 8.89. The van der Waals surface area contributed by atoms with Crippen molar-refractivity contribution < 1.29 is 22.7 Å². The summed E-state index contributed by atoms with van der Waals surface area (Å²) in [4.78, 5) is 10.8. The molecule has 5 heteroatoms. The van der Waals surface area contributed by atoms with Gasteiger partial charge in [0, 0.05) is 6.42 Å². The van der Waals surface area contributed by atoms with E-state index in [1.54, 1.807) is 13.0 Å². The molecule has 0 aliphatic heterocycles. The SMILES string of the molecule is COc1ccc(CC(=O)C(F)(F)F)c(C)c1. The Hall–Kier alpha value is -1.52. The molecule has 0 saturated heterocycles. The first kappa shape index (κ1) is 12.5. The molecule has 0 amide bonds. The van der Waals surface area contributed by atoms with Crippen LogP contribution < -0.4 is 4.74 Å². The quantitative estimate of drug-likeness (QED) is 0.800. The van der Waals surface area contributed by atoms with E-state index in [2.05, 4.69) is 0 Å². The van der Waals surface area contributed by atoms with Crippen LogP contribution in [0.4, 0.5) is 13.2 Å². The lowest BCUT2D eigenvalue weighted by Crippen LogP contribution is -2.24. The van der Waals surface area contributed by atoms with Crippen molar-refractivity contribution in [1.82, 2.24) is 0 Å². The van der Waals surface area contributed by atoms with Gasteiger partial charge in [0.15, 0.2) is 0 Å². The summed E-state index contributed by atoms with van der Waals surface area (Å²) in [5.41, 5.74) is 0.972. The molecule has 2 nitrogen and oxygen atoms in total. The van der Waals surface area contributed by atoms with Crippen molar-refractivity contribution in [3.63, 3.8) is 0 Å². The fourth-order valence-corrected chi connectivity index (χ4v) is 1.27. The summed E-state index contributed by atoms with van der Waals surface area (Å²) >= 11 is 0. The number of Topliss-reactive ketones (excluding diaryl/α,β-unsaturated/α-hetero) is 1. The van der Waals surface area contributed by atoms with E-state index in [9.17, 15) is 18.0 Å². The van der Waals surface area contributed by atoms with Gasteiger partial charge in [-0.15, -0.1) is 0 Å². The number of ketones is 1. The Morgan fingerprint density at radius 1 is 1.38 bits per heavy atom. The zero-order valence-corrected chi connectivity index (χ0v) is 8.89. The van der Waals surface area contributed by atoms with Crippen LogP contribution in [0.15, 0.2) is 18.2 Å². The van der Waals surface area contributed by atoms with E-state index in [0.29, 0.717) is 16.9 Å². The van der Waals surface area contributed by atoms with E-state index in [4.69, 9.17) is 4.74 Å². The maximum Gasteiger partial charge on any atom is 0.450 e. The van der Waals surface area contributed by atoms with E-state index in [1.807, 2.05) is 0 Å². The summed E-state index contributed by atoms with van der Waals surface area (Å²) in [5, 5.41) is 0. The van der Waals surface area contributed by atoms with Crippen LogP contribution in [0.25, 0.3) is 0 Å². The van der Waals surface area contributed by atoms with Gasteiger partial charge in [-0.3, -0.25) is 4.79 Å². The number of halogens is 3. The molecule has 0 saturated carbocycles. The van der Waals surface area contributed by atoms with Crippen LogP contribution >= 0.6 is 0 Å².